The van der Waals surface area contributed by atoms with E-state index in [0.29, 0.717) is 12.4 Å². The van der Waals surface area contributed by atoms with E-state index < -0.39 is 0 Å². The quantitative estimate of drug-likeness (QED) is 0.842. The maximum absolute atomic E-state index is 11.4. The van der Waals surface area contributed by atoms with Crippen molar-refractivity contribution in [2.24, 2.45) is 0 Å². The van der Waals surface area contributed by atoms with E-state index >= 15 is 0 Å². The number of nitrogens with one attached hydrogen (secondary N) is 2. The number of nitrogens with zero attached hydrogens (tertiary/aromatic N) is 1. The second-order valence-corrected chi connectivity index (χ2v) is 3.79. The highest BCUT2D eigenvalue weighted by molar-refractivity contribution is 5.33. The Morgan fingerprint density at radius 3 is 2.59 bits per heavy atom. The molecule has 0 aliphatic carbocycles. The zero-order chi connectivity index (χ0) is 12.1. The van der Waals surface area contributed by atoms with Gasteiger partial charge in [0, 0.05) is 18.9 Å². The number of rotatable bonds is 4. The number of anilines is 1. The Balaban J connectivity index is 2.02. The highest BCUT2D eigenvalue weighted by Gasteiger charge is 1.99. The summed E-state index contributed by atoms with van der Waals surface area (Å²) in [6.07, 6.45) is 4.11. The van der Waals surface area contributed by atoms with Gasteiger partial charge in [-0.2, -0.15) is 0 Å². The van der Waals surface area contributed by atoms with Gasteiger partial charge < -0.3 is 10.3 Å². The van der Waals surface area contributed by atoms with Crippen LogP contribution in [0.15, 0.2) is 41.5 Å². The molecule has 0 aliphatic rings. The number of hydrogen-bond donors (Lipinski definition) is 2. The molecule has 0 saturated heterocycles. The predicted octanol–water partition coefficient (Wildman–Crippen LogP) is 1.94. The van der Waals surface area contributed by atoms with E-state index in [2.05, 4.69) is 46.5 Å². The number of benzene rings is 1. The molecular weight excluding hydrogens is 214 g/mol. The Morgan fingerprint density at radius 1 is 1.24 bits per heavy atom. The van der Waals surface area contributed by atoms with Crippen LogP contribution in [0.25, 0.3) is 0 Å². The Kier molecular flexibility index (Phi) is 3.55. The second kappa shape index (κ2) is 5.30. The van der Waals surface area contributed by atoms with E-state index in [1.54, 1.807) is 6.20 Å². The summed E-state index contributed by atoms with van der Waals surface area (Å²) >= 11 is 0. The summed E-state index contributed by atoms with van der Waals surface area (Å²) in [4.78, 5) is 17.9. The van der Waals surface area contributed by atoms with Crippen molar-refractivity contribution in [3.63, 3.8) is 0 Å². The fourth-order valence-corrected chi connectivity index (χ4v) is 1.56. The molecule has 17 heavy (non-hydrogen) atoms. The first-order valence-electron chi connectivity index (χ1n) is 5.65. The minimum atomic E-state index is -0.197. The average Bonchev–Trinajstić information content (AvgIpc) is 2.38. The van der Waals surface area contributed by atoms with Crippen molar-refractivity contribution in [2.45, 2.75) is 19.9 Å². The van der Waals surface area contributed by atoms with E-state index in [-0.39, 0.29) is 5.56 Å². The summed E-state index contributed by atoms with van der Waals surface area (Å²) < 4.78 is 0. The molecule has 0 bridgehead atoms. The maximum Gasteiger partial charge on any atom is 0.290 e. The van der Waals surface area contributed by atoms with Crippen LogP contribution in [-0.2, 0) is 13.0 Å². The summed E-state index contributed by atoms with van der Waals surface area (Å²) in [5, 5.41) is 3.01. The van der Waals surface area contributed by atoms with Gasteiger partial charge >= 0.3 is 0 Å². The fourth-order valence-electron chi connectivity index (χ4n) is 1.56. The molecule has 0 aliphatic heterocycles. The minimum Gasteiger partial charge on any atom is -0.361 e. The van der Waals surface area contributed by atoms with E-state index in [0.717, 1.165) is 12.0 Å². The van der Waals surface area contributed by atoms with Crippen LogP contribution in [0.2, 0.25) is 0 Å². The molecule has 88 valence electrons. The molecule has 0 unspecified atom stereocenters. The lowest BCUT2D eigenvalue weighted by Crippen LogP contribution is -2.14. The van der Waals surface area contributed by atoms with Gasteiger partial charge in [-0.05, 0) is 17.5 Å². The van der Waals surface area contributed by atoms with Crippen molar-refractivity contribution in [3.05, 3.63) is 58.1 Å². The topological polar surface area (TPSA) is 57.8 Å². The fraction of sp³-hybridized carbons (Fsp3) is 0.231. The summed E-state index contributed by atoms with van der Waals surface area (Å²) in [5.41, 5.74) is 2.24. The number of hydrogen-bond acceptors (Lipinski definition) is 3. The van der Waals surface area contributed by atoms with Crippen molar-refractivity contribution in [2.75, 3.05) is 5.32 Å². The molecule has 0 atom stereocenters. The normalized spacial score (nSPS) is 10.2. The molecule has 2 rings (SSSR count). The van der Waals surface area contributed by atoms with Crippen molar-refractivity contribution in [3.8, 4) is 0 Å². The van der Waals surface area contributed by atoms with Crippen LogP contribution in [0.5, 0.6) is 0 Å². The molecule has 4 nitrogen and oxygen atoms in total. The van der Waals surface area contributed by atoms with Gasteiger partial charge in [0.05, 0.1) is 0 Å². The van der Waals surface area contributed by atoms with Crippen LogP contribution < -0.4 is 10.9 Å². The van der Waals surface area contributed by atoms with E-state index in [1.165, 1.54) is 11.8 Å². The summed E-state index contributed by atoms with van der Waals surface area (Å²) in [6, 6.07) is 8.31. The third-order valence-corrected chi connectivity index (χ3v) is 2.60. The highest BCUT2D eigenvalue weighted by atomic mass is 16.1. The molecule has 0 saturated carbocycles. The van der Waals surface area contributed by atoms with Crippen LogP contribution in [-0.4, -0.2) is 9.97 Å². The lowest BCUT2D eigenvalue weighted by molar-refractivity contribution is 1.05. The predicted molar refractivity (Wildman–Crippen MR) is 68.0 cm³/mol. The third-order valence-electron chi connectivity index (χ3n) is 2.60. The summed E-state index contributed by atoms with van der Waals surface area (Å²) in [6.45, 7) is 2.73. The Morgan fingerprint density at radius 2 is 1.94 bits per heavy atom. The number of aryl methyl sites for hydroxylation is 1. The molecule has 0 radical (unpaired) electrons. The van der Waals surface area contributed by atoms with Gasteiger partial charge in [0.15, 0.2) is 5.82 Å². The lowest BCUT2D eigenvalue weighted by Gasteiger charge is -2.05. The SMILES string of the molecule is CCc1ccc(CNc2ncc[nH]c2=O)cc1. The van der Waals surface area contributed by atoms with Gasteiger partial charge in [-0.15, -0.1) is 0 Å². The molecule has 1 aromatic heterocycles. The Bertz CT molecular complexity index is 531. The Hall–Kier alpha value is -2.10. The van der Waals surface area contributed by atoms with Gasteiger partial charge in [-0.1, -0.05) is 31.2 Å². The third kappa shape index (κ3) is 2.93. The second-order valence-electron chi connectivity index (χ2n) is 3.79. The first-order chi connectivity index (χ1) is 8.29. The van der Waals surface area contributed by atoms with Gasteiger partial charge in [-0.25, -0.2) is 4.98 Å². The molecule has 0 spiro atoms. The number of aromatic amines is 1. The minimum absolute atomic E-state index is 0.197. The summed E-state index contributed by atoms with van der Waals surface area (Å²) in [5.74, 6) is 0.354. The van der Waals surface area contributed by atoms with Crippen LogP contribution in [0.3, 0.4) is 0 Å². The van der Waals surface area contributed by atoms with Gasteiger partial charge in [0.1, 0.15) is 0 Å². The summed E-state index contributed by atoms with van der Waals surface area (Å²) in [7, 11) is 0. The van der Waals surface area contributed by atoms with Crippen LogP contribution >= 0.6 is 0 Å². The molecule has 1 aromatic carbocycles. The van der Waals surface area contributed by atoms with Crippen LogP contribution in [0.4, 0.5) is 5.82 Å². The first-order valence-corrected chi connectivity index (χ1v) is 5.65. The largest absolute Gasteiger partial charge is 0.361 e. The highest BCUT2D eigenvalue weighted by Crippen LogP contribution is 2.06. The first kappa shape index (κ1) is 11.4. The van der Waals surface area contributed by atoms with Gasteiger partial charge in [0.25, 0.3) is 5.56 Å². The molecule has 4 heteroatoms. The molecule has 1 heterocycles. The van der Waals surface area contributed by atoms with E-state index in [4.69, 9.17) is 0 Å². The van der Waals surface area contributed by atoms with Gasteiger partial charge in [-0.3, -0.25) is 4.79 Å². The lowest BCUT2D eigenvalue weighted by atomic mass is 10.1. The number of H-pyrrole nitrogens is 1. The van der Waals surface area contributed by atoms with Crippen molar-refractivity contribution >= 4 is 5.82 Å². The standard InChI is InChI=1S/C13H15N3O/c1-2-10-3-5-11(6-4-10)9-16-12-13(17)15-8-7-14-12/h3-8H,2,9H2,1H3,(H,14,16)(H,15,17). The number of aromatic nitrogens is 2. The monoisotopic (exact) mass is 229 g/mol. The zero-order valence-corrected chi connectivity index (χ0v) is 9.73. The smallest absolute Gasteiger partial charge is 0.290 e. The Labute approximate surface area is 99.7 Å². The van der Waals surface area contributed by atoms with Crippen molar-refractivity contribution in [1.82, 2.24) is 9.97 Å². The van der Waals surface area contributed by atoms with Crippen molar-refractivity contribution in [1.29, 1.82) is 0 Å². The molecule has 2 aromatic rings. The van der Waals surface area contributed by atoms with Crippen molar-refractivity contribution < 1.29 is 0 Å². The average molecular weight is 229 g/mol. The molecule has 0 amide bonds. The van der Waals surface area contributed by atoms with E-state index in [9.17, 15) is 4.79 Å². The molecule has 2 N–H and O–H groups in total. The van der Waals surface area contributed by atoms with Crippen LogP contribution in [0.1, 0.15) is 18.1 Å². The van der Waals surface area contributed by atoms with Gasteiger partial charge in [0.2, 0.25) is 0 Å². The molecule has 0 fully saturated rings. The van der Waals surface area contributed by atoms with E-state index in [1.807, 2.05) is 0 Å². The van der Waals surface area contributed by atoms with Crippen LogP contribution in [0, 0.1) is 0 Å². The zero-order valence-electron chi connectivity index (χ0n) is 9.73. The maximum atomic E-state index is 11.4. The molecular formula is C13H15N3O.